The SMILES string of the molecule is O=C1COc2ccc(cc2)C[C@@H](C(=O)O)NC(=O)[C@H](Cc2ccc(Cl)cc2)NC(=O)[C@@H](Cc2ccc(-c3ccccc3)cc2)NC(=O)[C@H](Cc2ccncc2)N1. The van der Waals surface area contributed by atoms with Crippen LogP contribution < -0.4 is 26.0 Å². The number of aliphatic carboxylic acids is 1. The maximum atomic E-state index is 14.4. The number of hydrogen-bond acceptors (Lipinski definition) is 7. The summed E-state index contributed by atoms with van der Waals surface area (Å²) in [6.45, 7) is -0.419. The fraction of sp³-hybridized carbons (Fsp3) is 0.209. The van der Waals surface area contributed by atoms with E-state index in [2.05, 4.69) is 26.3 Å². The van der Waals surface area contributed by atoms with Crippen LogP contribution in [0.1, 0.15) is 22.3 Å². The van der Waals surface area contributed by atoms with E-state index in [0.717, 1.165) is 11.1 Å². The standard InChI is InChI=1S/C43H40ClN5O7/c44-33-14-8-28(9-15-33)23-37-42(53)49-38(43(54)55)25-29-10-16-34(17-11-29)56-26-39(50)46-35(24-30-18-20-45-21-19-30)40(51)47-36(41(52)48-37)22-27-6-12-32(13-7-27)31-4-2-1-3-5-31/h1-21,35-38H,22-26H2,(H,46,50)(H,47,51)(H,48,52)(H,49,53)(H,54,55)/t35-,36+,37-,38-/m0/s1. The van der Waals surface area contributed by atoms with Crippen LogP contribution >= 0.6 is 11.6 Å². The molecule has 0 saturated heterocycles. The van der Waals surface area contributed by atoms with Crippen molar-refractivity contribution >= 4 is 41.2 Å². The van der Waals surface area contributed by atoms with Crippen molar-refractivity contribution in [1.82, 2.24) is 26.3 Å². The number of fused-ring (bicyclic) bond motifs is 16. The minimum absolute atomic E-state index is 0.0136. The van der Waals surface area contributed by atoms with Gasteiger partial charge >= 0.3 is 5.97 Å². The lowest BCUT2D eigenvalue weighted by Gasteiger charge is -2.26. The van der Waals surface area contributed by atoms with Gasteiger partial charge in [0.15, 0.2) is 6.61 Å². The van der Waals surface area contributed by atoms with Crippen LogP contribution in [0.5, 0.6) is 5.75 Å². The first-order valence-corrected chi connectivity index (χ1v) is 18.4. The summed E-state index contributed by atoms with van der Waals surface area (Å²) >= 11 is 6.12. The highest BCUT2D eigenvalue weighted by molar-refractivity contribution is 6.30. The van der Waals surface area contributed by atoms with Crippen LogP contribution in [0.3, 0.4) is 0 Å². The van der Waals surface area contributed by atoms with Gasteiger partial charge in [0.05, 0.1) is 0 Å². The fourth-order valence-electron chi connectivity index (χ4n) is 6.30. The second kappa shape index (κ2) is 18.7. The van der Waals surface area contributed by atoms with Crippen LogP contribution in [-0.4, -0.2) is 70.5 Å². The number of halogens is 1. The van der Waals surface area contributed by atoms with Crippen molar-refractivity contribution in [1.29, 1.82) is 0 Å². The van der Waals surface area contributed by atoms with Gasteiger partial charge in [-0.25, -0.2) is 4.79 Å². The Labute approximate surface area is 328 Å². The molecule has 0 aliphatic carbocycles. The summed E-state index contributed by atoms with van der Waals surface area (Å²) in [6, 6.07) is 28.9. The lowest BCUT2D eigenvalue weighted by atomic mass is 9.98. The molecule has 0 saturated carbocycles. The predicted molar refractivity (Wildman–Crippen MR) is 210 cm³/mol. The summed E-state index contributed by atoms with van der Waals surface area (Å²) in [5, 5.41) is 21.6. The molecular formula is C43H40ClN5O7. The van der Waals surface area contributed by atoms with Crippen LogP contribution in [0.2, 0.25) is 5.02 Å². The molecule has 4 atom stereocenters. The molecule has 4 amide bonds. The van der Waals surface area contributed by atoms with Crippen LogP contribution in [0.15, 0.2) is 128 Å². The van der Waals surface area contributed by atoms with Gasteiger partial charge in [0.25, 0.3) is 5.91 Å². The Morgan fingerprint density at radius 2 is 1.12 bits per heavy atom. The Morgan fingerprint density at radius 1 is 0.625 bits per heavy atom. The number of carboxylic acids is 1. The molecule has 7 rings (SSSR count). The van der Waals surface area contributed by atoms with E-state index in [1.807, 2.05) is 54.6 Å². The highest BCUT2D eigenvalue weighted by Gasteiger charge is 2.32. The van der Waals surface area contributed by atoms with Gasteiger partial charge in [-0.05, 0) is 69.8 Å². The van der Waals surface area contributed by atoms with Gasteiger partial charge in [-0.2, -0.15) is 0 Å². The smallest absolute Gasteiger partial charge is 0.326 e. The van der Waals surface area contributed by atoms with Gasteiger partial charge in [-0.1, -0.05) is 90.5 Å². The number of carboxylic acid groups (broad SMARTS) is 1. The van der Waals surface area contributed by atoms with E-state index in [0.29, 0.717) is 33.0 Å². The third-order valence-corrected chi connectivity index (χ3v) is 9.56. The van der Waals surface area contributed by atoms with E-state index >= 15 is 0 Å². The van der Waals surface area contributed by atoms with Gasteiger partial charge in [-0.15, -0.1) is 0 Å². The number of carbonyl (C=O) groups excluding carboxylic acids is 4. The van der Waals surface area contributed by atoms with E-state index in [9.17, 15) is 29.1 Å². The van der Waals surface area contributed by atoms with Crippen molar-refractivity contribution in [2.75, 3.05) is 6.61 Å². The van der Waals surface area contributed by atoms with E-state index < -0.39 is 60.4 Å². The Balaban J connectivity index is 1.35. The third kappa shape index (κ3) is 11.0. The number of benzene rings is 4. The quantitative estimate of drug-likeness (QED) is 0.147. The lowest BCUT2D eigenvalue weighted by molar-refractivity contribution is -0.142. The zero-order valence-electron chi connectivity index (χ0n) is 30.2. The number of aromatic nitrogens is 1. The van der Waals surface area contributed by atoms with Crippen molar-refractivity contribution in [3.63, 3.8) is 0 Å². The molecule has 3 heterocycles. The summed E-state index contributed by atoms with van der Waals surface area (Å²) in [5.74, 6) is -3.60. The molecule has 0 radical (unpaired) electrons. The van der Waals surface area contributed by atoms with E-state index in [1.54, 1.807) is 73.1 Å². The van der Waals surface area contributed by atoms with Crippen molar-refractivity contribution in [3.05, 3.63) is 155 Å². The highest BCUT2D eigenvalue weighted by Crippen LogP contribution is 2.21. The molecule has 56 heavy (non-hydrogen) atoms. The van der Waals surface area contributed by atoms with Crippen LogP contribution in [0, 0.1) is 0 Å². The summed E-state index contributed by atoms with van der Waals surface area (Å²) in [7, 11) is 0. The largest absolute Gasteiger partial charge is 0.484 e. The van der Waals surface area contributed by atoms with Crippen molar-refractivity contribution in [3.8, 4) is 16.9 Å². The number of carbonyl (C=O) groups is 5. The zero-order chi connectivity index (χ0) is 39.4. The van der Waals surface area contributed by atoms with Gasteiger partial charge in [0, 0.05) is 43.1 Å². The molecule has 2 bridgehead atoms. The van der Waals surface area contributed by atoms with Crippen LogP contribution in [0.25, 0.3) is 11.1 Å². The topological polar surface area (TPSA) is 176 Å². The Morgan fingerprint density at radius 3 is 1.70 bits per heavy atom. The molecular weight excluding hydrogens is 734 g/mol. The molecule has 1 aromatic heterocycles. The monoisotopic (exact) mass is 773 g/mol. The Hall–Kier alpha value is -6.53. The number of rotatable bonds is 8. The summed E-state index contributed by atoms with van der Waals surface area (Å²) < 4.78 is 5.69. The first-order valence-electron chi connectivity index (χ1n) is 18.0. The zero-order valence-corrected chi connectivity index (χ0v) is 30.9. The van der Waals surface area contributed by atoms with Gasteiger partial charge < -0.3 is 31.1 Å². The second-order valence-electron chi connectivity index (χ2n) is 13.4. The maximum absolute atomic E-state index is 14.4. The van der Waals surface area contributed by atoms with Crippen molar-refractivity contribution in [2.24, 2.45) is 0 Å². The Kier molecular flexibility index (Phi) is 13.1. The molecule has 2 aliphatic heterocycles. The highest BCUT2D eigenvalue weighted by atomic mass is 35.5. The number of nitrogens with zero attached hydrogens (tertiary/aromatic N) is 1. The molecule has 13 heteroatoms. The molecule has 0 unspecified atom stereocenters. The van der Waals surface area contributed by atoms with Crippen molar-refractivity contribution in [2.45, 2.75) is 49.9 Å². The summed E-state index contributed by atoms with van der Waals surface area (Å²) in [5.41, 5.74) is 4.60. The number of pyridine rings is 1. The Bertz CT molecular complexity index is 2130. The molecule has 4 aromatic carbocycles. The van der Waals surface area contributed by atoms with E-state index in [1.165, 1.54) is 0 Å². The average Bonchev–Trinajstić information content (AvgIpc) is 3.21. The number of ether oxygens (including phenoxy) is 1. The van der Waals surface area contributed by atoms with Crippen molar-refractivity contribution < 1.29 is 33.8 Å². The number of amides is 4. The normalized spacial score (nSPS) is 19.5. The van der Waals surface area contributed by atoms with Gasteiger partial charge in [0.1, 0.15) is 29.9 Å². The van der Waals surface area contributed by atoms with E-state index in [4.69, 9.17) is 16.3 Å². The predicted octanol–water partition coefficient (Wildman–Crippen LogP) is 4.09. The summed E-state index contributed by atoms with van der Waals surface area (Å²) in [6.07, 6.45) is 3.15. The fourth-order valence-corrected chi connectivity index (χ4v) is 6.42. The minimum atomic E-state index is -1.35. The molecule has 2 aliphatic rings. The number of hydrogen-bond donors (Lipinski definition) is 5. The molecule has 12 nitrogen and oxygen atoms in total. The maximum Gasteiger partial charge on any atom is 0.326 e. The van der Waals surface area contributed by atoms with Gasteiger partial charge in [-0.3, -0.25) is 24.2 Å². The molecule has 0 fully saturated rings. The van der Waals surface area contributed by atoms with E-state index in [-0.39, 0.29) is 25.7 Å². The second-order valence-corrected chi connectivity index (χ2v) is 13.9. The number of nitrogens with one attached hydrogen (secondary N) is 4. The minimum Gasteiger partial charge on any atom is -0.484 e. The molecule has 5 N–H and O–H groups in total. The van der Waals surface area contributed by atoms with Crippen LogP contribution in [0.4, 0.5) is 0 Å². The molecule has 5 aromatic rings. The lowest BCUT2D eigenvalue weighted by Crippen LogP contribution is -2.59. The molecule has 286 valence electrons. The van der Waals surface area contributed by atoms with Crippen LogP contribution in [-0.2, 0) is 49.7 Å². The van der Waals surface area contributed by atoms with Gasteiger partial charge in [0.2, 0.25) is 17.7 Å². The first kappa shape index (κ1) is 39.2. The first-order chi connectivity index (χ1) is 27.1. The third-order valence-electron chi connectivity index (χ3n) is 9.31. The molecule has 0 spiro atoms. The summed E-state index contributed by atoms with van der Waals surface area (Å²) in [4.78, 5) is 72.1. The average molecular weight is 774 g/mol.